The third-order valence-corrected chi connectivity index (χ3v) is 12.5. The van der Waals surface area contributed by atoms with Gasteiger partial charge in [-0.15, -0.1) is 0 Å². The average molecular weight is 792 g/mol. The van der Waals surface area contributed by atoms with Gasteiger partial charge in [0, 0.05) is 25.2 Å². The second-order valence-electron chi connectivity index (χ2n) is 17.5. The molecule has 14 heteroatoms. The summed E-state index contributed by atoms with van der Waals surface area (Å²) in [7, 11) is 0. The molecule has 0 spiro atoms. The van der Waals surface area contributed by atoms with Gasteiger partial charge in [-0.2, -0.15) is 0 Å². The summed E-state index contributed by atoms with van der Waals surface area (Å²) < 4.78 is 29.8. The first-order valence-corrected chi connectivity index (χ1v) is 19.2. The van der Waals surface area contributed by atoms with E-state index in [-0.39, 0.29) is 36.2 Å². The predicted molar refractivity (Wildman–Crippen MR) is 202 cm³/mol. The van der Waals surface area contributed by atoms with E-state index in [1.165, 1.54) is 26.0 Å². The van der Waals surface area contributed by atoms with Crippen molar-refractivity contribution in [3.05, 3.63) is 82.9 Å². The number of ether oxygens (including phenoxy) is 5. The molecule has 2 aromatic carbocycles. The maximum atomic E-state index is 14.9. The van der Waals surface area contributed by atoms with Gasteiger partial charge in [0.2, 0.25) is 0 Å². The lowest BCUT2D eigenvalue weighted by Gasteiger charge is -2.67. The highest BCUT2D eigenvalue weighted by molar-refractivity contribution is 5.94. The Kier molecular flexibility index (Phi) is 11.0. The highest BCUT2D eigenvalue weighted by Crippen LogP contribution is 2.64. The van der Waals surface area contributed by atoms with Crippen molar-refractivity contribution in [2.45, 2.75) is 128 Å². The van der Waals surface area contributed by atoms with Crippen LogP contribution in [0.3, 0.4) is 0 Å². The number of ketones is 1. The van der Waals surface area contributed by atoms with Gasteiger partial charge < -0.3 is 44.3 Å². The Balaban J connectivity index is 1.47. The fraction of sp³-hybridized carbons (Fsp3) is 0.558. The van der Waals surface area contributed by atoms with Crippen LogP contribution in [0.1, 0.15) is 96.6 Å². The monoisotopic (exact) mass is 791 g/mol. The van der Waals surface area contributed by atoms with Gasteiger partial charge in [-0.05, 0) is 63.5 Å². The Hall–Kier alpha value is -4.63. The van der Waals surface area contributed by atoms with Gasteiger partial charge >= 0.3 is 24.0 Å². The molecule has 14 nitrogen and oxygen atoms in total. The lowest BCUT2D eigenvalue weighted by atomic mass is 9.44. The number of alkyl carbamates (subject to hydrolysis) is 1. The molecule has 4 N–H and O–H groups in total. The summed E-state index contributed by atoms with van der Waals surface area (Å²) in [5.74, 6) is -4.75. The molecule has 1 heterocycles. The molecule has 6 rings (SSSR count). The highest BCUT2D eigenvalue weighted by atomic mass is 16.6. The van der Waals surface area contributed by atoms with E-state index >= 15 is 0 Å². The Morgan fingerprint density at radius 3 is 2.14 bits per heavy atom. The molecule has 57 heavy (non-hydrogen) atoms. The number of Topliss-reactive ketones (excluding diaryl/α,β-unsaturated/α-hetero) is 1. The fourth-order valence-corrected chi connectivity index (χ4v) is 9.53. The van der Waals surface area contributed by atoms with Crippen LogP contribution < -0.4 is 5.32 Å². The minimum Gasteiger partial charge on any atom is -0.458 e. The number of aliphatic hydroxyl groups excluding tert-OH is 2. The predicted octanol–water partition coefficient (Wildman–Crippen LogP) is 4.29. The largest absolute Gasteiger partial charge is 0.458 e. The van der Waals surface area contributed by atoms with Gasteiger partial charge in [0.1, 0.15) is 35.6 Å². The lowest BCUT2D eigenvalue weighted by Crippen LogP contribution is -2.81. The molecular weight excluding hydrogens is 738 g/mol. The van der Waals surface area contributed by atoms with Crippen molar-refractivity contribution in [3.8, 4) is 0 Å². The molecule has 1 saturated heterocycles. The second kappa shape index (κ2) is 14.9. The van der Waals surface area contributed by atoms with Crippen LogP contribution in [0.2, 0.25) is 0 Å². The number of carbonyl (C=O) groups is 5. The van der Waals surface area contributed by atoms with Gasteiger partial charge in [-0.1, -0.05) is 62.4 Å². The first kappa shape index (κ1) is 42.0. The number of nitrogens with one attached hydrogen (secondary N) is 1. The summed E-state index contributed by atoms with van der Waals surface area (Å²) in [6.45, 7) is 12.2. The Bertz CT molecular complexity index is 1940. The van der Waals surface area contributed by atoms with Crippen molar-refractivity contribution in [2.24, 2.45) is 16.7 Å². The minimum absolute atomic E-state index is 0.0201. The van der Waals surface area contributed by atoms with Crippen molar-refractivity contribution in [2.75, 3.05) is 6.61 Å². The van der Waals surface area contributed by atoms with Crippen LogP contribution in [0.15, 0.2) is 71.8 Å². The van der Waals surface area contributed by atoms with E-state index in [2.05, 4.69) is 5.32 Å². The third kappa shape index (κ3) is 7.26. The van der Waals surface area contributed by atoms with Crippen LogP contribution in [0.25, 0.3) is 0 Å². The molecule has 10 atom stereocenters. The number of fused-ring (bicyclic) bond motifs is 5. The molecule has 1 aliphatic heterocycles. The first-order valence-electron chi connectivity index (χ1n) is 19.2. The van der Waals surface area contributed by atoms with E-state index in [9.17, 15) is 39.3 Å². The zero-order valence-corrected chi connectivity index (χ0v) is 33.6. The molecule has 1 unspecified atom stereocenters. The van der Waals surface area contributed by atoms with E-state index in [1.54, 1.807) is 90.1 Å². The van der Waals surface area contributed by atoms with Gasteiger partial charge in [0.05, 0.1) is 42.1 Å². The van der Waals surface area contributed by atoms with Crippen LogP contribution in [0.4, 0.5) is 4.79 Å². The summed E-state index contributed by atoms with van der Waals surface area (Å²) in [5, 5.41) is 40.2. The van der Waals surface area contributed by atoms with Crippen molar-refractivity contribution < 1.29 is 63.0 Å². The molecule has 3 fully saturated rings. The van der Waals surface area contributed by atoms with Crippen molar-refractivity contribution in [1.82, 2.24) is 5.32 Å². The molecule has 2 bridgehead atoms. The Morgan fingerprint density at radius 2 is 1.58 bits per heavy atom. The third-order valence-electron chi connectivity index (χ3n) is 12.5. The van der Waals surface area contributed by atoms with Crippen LogP contribution in [0.5, 0.6) is 0 Å². The molecule has 308 valence electrons. The number of esters is 3. The molecule has 1 amide bonds. The van der Waals surface area contributed by atoms with E-state index in [0.29, 0.717) is 5.56 Å². The van der Waals surface area contributed by atoms with Crippen molar-refractivity contribution in [3.63, 3.8) is 0 Å². The Labute approximate surface area is 331 Å². The zero-order valence-electron chi connectivity index (χ0n) is 33.6. The number of aliphatic hydroxyl groups is 3. The average Bonchev–Trinajstić information content (AvgIpc) is 3.12. The number of hydrogen-bond acceptors (Lipinski definition) is 13. The molecule has 2 saturated carbocycles. The fourth-order valence-electron chi connectivity index (χ4n) is 9.53. The van der Waals surface area contributed by atoms with Crippen molar-refractivity contribution in [1.29, 1.82) is 0 Å². The summed E-state index contributed by atoms with van der Waals surface area (Å²) >= 11 is 0. The van der Waals surface area contributed by atoms with Gasteiger partial charge in [-0.3, -0.25) is 14.4 Å². The molecule has 2 aromatic rings. The SMILES string of the molecule is CC(=O)O[C@@]12CO[C@@H]1C[C@H](O)[C@@]1(C)C(=O)[C@H](O)C3=C(C)[C@@H](OC(=O)CC(NC(=O)OC(C)(C)C)c4ccccc4)C[C@@](O)([C@@H](OC(=O)c4ccccc4)[C@H]21)C3(C)C. The van der Waals surface area contributed by atoms with Crippen LogP contribution in [-0.4, -0.2) is 99.0 Å². The lowest BCUT2D eigenvalue weighted by molar-refractivity contribution is -0.345. The van der Waals surface area contributed by atoms with Gasteiger partial charge in [-0.25, -0.2) is 9.59 Å². The number of carbonyl (C=O) groups excluding carboxylic acids is 5. The number of rotatable bonds is 8. The summed E-state index contributed by atoms with van der Waals surface area (Å²) in [4.78, 5) is 68.8. The van der Waals surface area contributed by atoms with E-state index < -0.39 is 106 Å². The summed E-state index contributed by atoms with van der Waals surface area (Å²) in [6, 6.07) is 15.8. The quantitative estimate of drug-likeness (QED) is 0.168. The summed E-state index contributed by atoms with van der Waals surface area (Å²) in [6.07, 6.45) is -9.11. The maximum Gasteiger partial charge on any atom is 0.408 e. The van der Waals surface area contributed by atoms with Crippen LogP contribution >= 0.6 is 0 Å². The number of hydrogen-bond donors (Lipinski definition) is 4. The smallest absolute Gasteiger partial charge is 0.408 e. The minimum atomic E-state index is -2.26. The number of benzene rings is 2. The van der Waals surface area contributed by atoms with Crippen LogP contribution in [0, 0.1) is 16.7 Å². The first-order chi connectivity index (χ1) is 26.6. The van der Waals surface area contributed by atoms with E-state index in [1.807, 2.05) is 0 Å². The molecule has 0 radical (unpaired) electrons. The summed E-state index contributed by atoms with van der Waals surface area (Å²) in [5.41, 5.74) is -7.31. The molecule has 3 aliphatic carbocycles. The normalized spacial score (nSPS) is 33.5. The highest BCUT2D eigenvalue weighted by Gasteiger charge is 2.78. The van der Waals surface area contributed by atoms with Crippen molar-refractivity contribution >= 4 is 29.8 Å². The van der Waals surface area contributed by atoms with Gasteiger partial charge in [0.25, 0.3) is 0 Å². The molecule has 4 aliphatic rings. The maximum absolute atomic E-state index is 14.9. The van der Waals surface area contributed by atoms with Crippen LogP contribution in [-0.2, 0) is 38.1 Å². The number of amides is 1. The molecular formula is C43H53NO13. The Morgan fingerprint density at radius 1 is 0.965 bits per heavy atom. The standard InChI is InChI=1S/C43H53NO13/c1-23-28(54-31(47)19-27(25-15-11-9-12-16-25)44-38(51)57-39(3,4)5)21-43(52)36(55-37(50)26-17-13-10-14-18-26)34-41(8,35(49)33(48)32(23)40(43,6)7)29(46)20-30-42(34,22-53-30)56-24(2)45/h9-18,27-30,33-34,36,46,48,52H,19-22H2,1-8H3,(H,44,51)/t27?,28-,29-,30+,33+,34-,36-,41+,42-,43+/m0/s1. The second-order valence-corrected chi connectivity index (χ2v) is 17.5. The topological polar surface area (TPSA) is 204 Å². The van der Waals surface area contributed by atoms with E-state index in [0.717, 1.165) is 0 Å². The van der Waals surface area contributed by atoms with E-state index in [4.69, 9.17) is 23.7 Å². The molecule has 0 aromatic heterocycles. The zero-order chi connectivity index (χ0) is 41.9. The van der Waals surface area contributed by atoms with Gasteiger partial charge in [0.15, 0.2) is 11.4 Å².